The van der Waals surface area contributed by atoms with Crippen molar-refractivity contribution in [2.75, 3.05) is 43.5 Å². The molecule has 0 atom stereocenters. The van der Waals surface area contributed by atoms with Crippen molar-refractivity contribution in [3.63, 3.8) is 0 Å². The van der Waals surface area contributed by atoms with E-state index < -0.39 is 0 Å². The molecule has 5 heterocycles. The zero-order valence-corrected chi connectivity index (χ0v) is 20.8. The van der Waals surface area contributed by atoms with Gasteiger partial charge in [0.2, 0.25) is 0 Å². The quantitative estimate of drug-likeness (QED) is 0.584. The number of imidazole rings is 1. The number of amides is 3. The summed E-state index contributed by atoms with van der Waals surface area (Å²) in [5, 5.41) is 3.07. The minimum Gasteiger partial charge on any atom is -0.497 e. The third kappa shape index (κ3) is 4.56. The van der Waals surface area contributed by atoms with Crippen LogP contribution in [-0.4, -0.2) is 80.6 Å². The Balaban J connectivity index is 1.09. The predicted molar refractivity (Wildman–Crippen MR) is 137 cm³/mol. The molecule has 37 heavy (non-hydrogen) atoms. The number of hydrogen-bond donors (Lipinski definition) is 1. The molecule has 0 unspecified atom stereocenters. The second kappa shape index (κ2) is 9.72. The van der Waals surface area contributed by atoms with Crippen molar-refractivity contribution in [3.8, 4) is 5.75 Å². The van der Waals surface area contributed by atoms with Crippen LogP contribution in [0, 0.1) is 0 Å². The Labute approximate surface area is 215 Å². The Morgan fingerprint density at radius 1 is 1.05 bits per heavy atom. The van der Waals surface area contributed by atoms with E-state index in [1.165, 1.54) is 6.33 Å². The summed E-state index contributed by atoms with van der Waals surface area (Å²) >= 11 is 0. The summed E-state index contributed by atoms with van der Waals surface area (Å²) < 4.78 is 7.41. The Morgan fingerprint density at radius 2 is 1.92 bits per heavy atom. The normalized spacial score (nSPS) is 18.1. The zero-order chi connectivity index (χ0) is 25.4. The molecule has 3 aliphatic rings. The number of anilines is 2. The van der Waals surface area contributed by atoms with E-state index in [-0.39, 0.29) is 18.0 Å². The van der Waals surface area contributed by atoms with Gasteiger partial charge in [0.1, 0.15) is 29.4 Å². The number of carbonyl (C=O) groups excluding carboxylic acids is 2. The highest BCUT2D eigenvalue weighted by atomic mass is 16.5. The number of ether oxygens (including phenoxy) is 1. The lowest BCUT2D eigenvalue weighted by Crippen LogP contribution is -2.49. The van der Waals surface area contributed by atoms with Gasteiger partial charge in [0.05, 0.1) is 13.7 Å². The molecule has 1 fully saturated rings. The van der Waals surface area contributed by atoms with Gasteiger partial charge in [0.15, 0.2) is 0 Å². The van der Waals surface area contributed by atoms with Crippen molar-refractivity contribution in [2.24, 2.45) is 0 Å². The van der Waals surface area contributed by atoms with Crippen molar-refractivity contribution >= 4 is 23.4 Å². The fraction of sp³-hybridized carbons (Fsp3) is 0.423. The van der Waals surface area contributed by atoms with Gasteiger partial charge in [-0.2, -0.15) is 0 Å². The molecule has 1 saturated heterocycles. The highest BCUT2D eigenvalue weighted by molar-refractivity contribution is 5.93. The van der Waals surface area contributed by atoms with E-state index in [1.807, 2.05) is 29.3 Å². The number of benzene rings is 1. The molecular weight excluding hydrogens is 472 g/mol. The maximum Gasteiger partial charge on any atom is 0.322 e. The standard InChI is InChI=1S/C26H30N8O3/c1-37-20-2-3-21-18(14-20)4-10-34(26(36)30-21)19-5-8-31(9-6-19)23-15-22(28-17-29-23)25(35)33-13-12-32-11-7-27-24(32)16-33/h2-3,7,11,14-15,17,19H,4-6,8-10,12-13,16H2,1H3,(H,30,36). The van der Waals surface area contributed by atoms with Gasteiger partial charge in [-0.25, -0.2) is 19.7 Å². The van der Waals surface area contributed by atoms with Crippen LogP contribution < -0.4 is 15.0 Å². The molecule has 192 valence electrons. The number of nitrogens with one attached hydrogen (secondary N) is 1. The second-order valence-electron chi connectivity index (χ2n) is 9.64. The van der Waals surface area contributed by atoms with Crippen molar-refractivity contribution in [1.82, 2.24) is 29.3 Å². The van der Waals surface area contributed by atoms with Crippen LogP contribution in [-0.2, 0) is 19.5 Å². The smallest absolute Gasteiger partial charge is 0.322 e. The van der Waals surface area contributed by atoms with E-state index in [2.05, 4.69) is 29.7 Å². The number of aromatic nitrogens is 4. The number of methoxy groups -OCH3 is 1. The molecule has 1 N–H and O–H groups in total. The Morgan fingerprint density at radius 3 is 2.76 bits per heavy atom. The van der Waals surface area contributed by atoms with E-state index in [0.717, 1.165) is 67.5 Å². The minimum absolute atomic E-state index is 0.0561. The first-order valence-corrected chi connectivity index (χ1v) is 12.7. The van der Waals surface area contributed by atoms with Crippen molar-refractivity contribution in [2.45, 2.75) is 38.4 Å². The molecule has 0 saturated carbocycles. The lowest BCUT2D eigenvalue weighted by molar-refractivity contribution is 0.0701. The number of fused-ring (bicyclic) bond motifs is 2. The van der Waals surface area contributed by atoms with E-state index in [9.17, 15) is 9.59 Å². The van der Waals surface area contributed by atoms with Crippen molar-refractivity contribution in [1.29, 1.82) is 0 Å². The summed E-state index contributed by atoms with van der Waals surface area (Å²) in [7, 11) is 1.65. The fourth-order valence-electron chi connectivity index (χ4n) is 5.46. The summed E-state index contributed by atoms with van der Waals surface area (Å²) in [4.78, 5) is 45.1. The van der Waals surface area contributed by atoms with Crippen molar-refractivity contribution in [3.05, 3.63) is 60.1 Å². The van der Waals surface area contributed by atoms with Gasteiger partial charge in [0, 0.05) is 62.9 Å². The molecular formula is C26H30N8O3. The summed E-state index contributed by atoms with van der Waals surface area (Å²) in [6, 6.07) is 7.64. The third-order valence-corrected chi connectivity index (χ3v) is 7.57. The Kier molecular flexibility index (Phi) is 6.11. The number of urea groups is 1. The van der Waals surface area contributed by atoms with Crippen molar-refractivity contribution < 1.29 is 14.3 Å². The van der Waals surface area contributed by atoms with Gasteiger partial charge in [-0.1, -0.05) is 0 Å². The molecule has 0 radical (unpaired) electrons. The lowest BCUT2D eigenvalue weighted by Gasteiger charge is -2.38. The molecule has 6 rings (SSSR count). The molecule has 0 bridgehead atoms. The van der Waals surface area contributed by atoms with Crippen LogP contribution in [0.4, 0.5) is 16.3 Å². The van der Waals surface area contributed by atoms with E-state index in [0.29, 0.717) is 25.3 Å². The van der Waals surface area contributed by atoms with Crippen LogP contribution in [0.3, 0.4) is 0 Å². The topological polar surface area (TPSA) is 109 Å². The largest absolute Gasteiger partial charge is 0.497 e. The zero-order valence-electron chi connectivity index (χ0n) is 20.8. The van der Waals surface area contributed by atoms with Gasteiger partial charge in [-0.15, -0.1) is 0 Å². The van der Waals surface area contributed by atoms with Gasteiger partial charge < -0.3 is 29.3 Å². The van der Waals surface area contributed by atoms with Crippen LogP contribution in [0.15, 0.2) is 43.0 Å². The summed E-state index contributed by atoms with van der Waals surface area (Å²) in [5.41, 5.74) is 2.33. The van der Waals surface area contributed by atoms with Gasteiger partial charge in [0.25, 0.3) is 5.91 Å². The first-order chi connectivity index (χ1) is 18.1. The van der Waals surface area contributed by atoms with Crippen LogP contribution in [0.1, 0.15) is 34.7 Å². The van der Waals surface area contributed by atoms with Crippen LogP contribution in [0.2, 0.25) is 0 Å². The first-order valence-electron chi connectivity index (χ1n) is 12.7. The summed E-state index contributed by atoms with van der Waals surface area (Å²) in [6.07, 6.45) is 7.60. The monoisotopic (exact) mass is 502 g/mol. The maximum atomic E-state index is 13.1. The lowest BCUT2D eigenvalue weighted by atomic mass is 10.0. The number of carbonyl (C=O) groups is 2. The molecule has 3 amide bonds. The van der Waals surface area contributed by atoms with E-state index >= 15 is 0 Å². The number of rotatable bonds is 4. The average molecular weight is 503 g/mol. The molecule has 3 aliphatic heterocycles. The van der Waals surface area contributed by atoms with E-state index in [1.54, 1.807) is 24.3 Å². The van der Waals surface area contributed by atoms with Crippen LogP contribution in [0.25, 0.3) is 0 Å². The van der Waals surface area contributed by atoms with Crippen LogP contribution >= 0.6 is 0 Å². The number of nitrogens with zero attached hydrogens (tertiary/aromatic N) is 7. The van der Waals surface area contributed by atoms with Gasteiger partial charge in [-0.3, -0.25) is 4.79 Å². The maximum absolute atomic E-state index is 13.1. The summed E-state index contributed by atoms with van der Waals surface area (Å²) in [6.45, 7) is 4.00. The molecule has 0 spiro atoms. The molecule has 2 aromatic heterocycles. The molecule has 11 heteroatoms. The highest BCUT2D eigenvalue weighted by Crippen LogP contribution is 2.28. The SMILES string of the molecule is COc1ccc2c(c1)CCN(C1CCN(c3cc(C(=O)N4CCn5ccnc5C4)ncn3)CC1)C(=O)N2. The van der Waals surface area contributed by atoms with Crippen LogP contribution in [0.5, 0.6) is 5.75 Å². The highest BCUT2D eigenvalue weighted by Gasteiger charge is 2.31. The Bertz CT molecular complexity index is 1320. The second-order valence-corrected chi connectivity index (χ2v) is 9.64. The molecule has 3 aromatic rings. The third-order valence-electron chi connectivity index (χ3n) is 7.57. The van der Waals surface area contributed by atoms with Gasteiger partial charge >= 0.3 is 6.03 Å². The molecule has 11 nitrogen and oxygen atoms in total. The minimum atomic E-state index is -0.106. The number of piperidine rings is 1. The average Bonchev–Trinajstić information content (AvgIpc) is 3.35. The van der Waals surface area contributed by atoms with E-state index in [4.69, 9.17) is 4.74 Å². The summed E-state index contributed by atoms with van der Waals surface area (Å²) in [5.74, 6) is 2.32. The van der Waals surface area contributed by atoms with Gasteiger partial charge in [-0.05, 0) is 43.0 Å². The molecule has 0 aliphatic carbocycles. The predicted octanol–water partition coefficient (Wildman–Crippen LogP) is 2.40. The first kappa shape index (κ1) is 23.3. The molecule has 1 aromatic carbocycles. The number of hydrogen-bond acceptors (Lipinski definition) is 7. The fourth-order valence-corrected chi connectivity index (χ4v) is 5.46. The Hall–Kier alpha value is -4.15.